The van der Waals surface area contributed by atoms with E-state index in [1.54, 1.807) is 0 Å². The topological polar surface area (TPSA) is 52.6 Å². The molecule has 0 aromatic carbocycles. The summed E-state index contributed by atoms with van der Waals surface area (Å²) in [6.07, 6.45) is 31.4. The largest absolute Gasteiger partial charge is 0.465 e. The molecule has 0 aromatic rings. The Labute approximate surface area is 263 Å². The molecular formula is C38H74O4. The van der Waals surface area contributed by atoms with Gasteiger partial charge in [0.05, 0.1) is 25.0 Å². The van der Waals surface area contributed by atoms with E-state index < -0.39 is 0 Å². The van der Waals surface area contributed by atoms with Gasteiger partial charge >= 0.3 is 11.9 Å². The highest BCUT2D eigenvalue weighted by Gasteiger charge is 2.18. The lowest BCUT2D eigenvalue weighted by molar-refractivity contribution is -0.150. The molecule has 42 heavy (non-hydrogen) atoms. The van der Waals surface area contributed by atoms with Gasteiger partial charge in [-0.15, -0.1) is 0 Å². The van der Waals surface area contributed by atoms with Crippen molar-refractivity contribution >= 4 is 11.9 Å². The molecule has 0 fully saturated rings. The quantitative estimate of drug-likeness (QED) is 0.0574. The lowest BCUT2D eigenvalue weighted by Gasteiger charge is -2.14. The molecule has 0 rings (SSSR count). The molecule has 4 nitrogen and oxygen atoms in total. The highest BCUT2D eigenvalue weighted by atomic mass is 16.5. The third kappa shape index (κ3) is 25.4. The first-order valence-corrected chi connectivity index (χ1v) is 18.8. The van der Waals surface area contributed by atoms with Crippen LogP contribution in [0.4, 0.5) is 0 Å². The molecule has 0 amide bonds. The smallest absolute Gasteiger partial charge is 0.308 e. The van der Waals surface area contributed by atoms with Crippen LogP contribution in [0.2, 0.25) is 0 Å². The second-order valence-corrected chi connectivity index (χ2v) is 13.2. The van der Waals surface area contributed by atoms with Gasteiger partial charge in [0.1, 0.15) is 0 Å². The average molecular weight is 595 g/mol. The minimum absolute atomic E-state index is 0.0346. The standard InChI is InChI=1S/C38H74O4/c1-6-10-22-30-35(8-3)37(39)41-32-26-20-16-12-14-18-24-28-34(5)29-25-19-15-13-17-21-27-33-42-38(40)36(9-4)31-23-11-7-2/h34-36H,6-33H2,1-5H3. The van der Waals surface area contributed by atoms with E-state index in [1.165, 1.54) is 116 Å². The molecule has 250 valence electrons. The van der Waals surface area contributed by atoms with Crippen LogP contribution in [0, 0.1) is 17.8 Å². The zero-order valence-electron chi connectivity index (χ0n) is 29.2. The summed E-state index contributed by atoms with van der Waals surface area (Å²) in [5, 5.41) is 0. The molecule has 4 heteroatoms. The van der Waals surface area contributed by atoms with Crippen molar-refractivity contribution < 1.29 is 19.1 Å². The van der Waals surface area contributed by atoms with Crippen molar-refractivity contribution in [2.24, 2.45) is 17.8 Å². The second kappa shape index (κ2) is 31.4. The number of rotatable bonds is 32. The highest BCUT2D eigenvalue weighted by molar-refractivity contribution is 5.72. The van der Waals surface area contributed by atoms with Crippen LogP contribution in [0.25, 0.3) is 0 Å². The van der Waals surface area contributed by atoms with Crippen molar-refractivity contribution in [2.75, 3.05) is 13.2 Å². The monoisotopic (exact) mass is 595 g/mol. The van der Waals surface area contributed by atoms with Gasteiger partial charge in [-0.25, -0.2) is 0 Å². The van der Waals surface area contributed by atoms with Gasteiger partial charge in [0.2, 0.25) is 0 Å². The van der Waals surface area contributed by atoms with E-state index in [2.05, 4.69) is 34.6 Å². The lowest BCUT2D eigenvalue weighted by atomic mass is 9.96. The van der Waals surface area contributed by atoms with Gasteiger partial charge in [-0.05, 0) is 44.4 Å². The SMILES string of the molecule is CCCCCC(CC)C(=O)OCCCCCCCCCC(C)CCCCCCCCCOC(=O)C(CC)CCCCC. The maximum atomic E-state index is 12.2. The lowest BCUT2D eigenvalue weighted by Crippen LogP contribution is -2.17. The van der Waals surface area contributed by atoms with Crippen molar-refractivity contribution in [3.8, 4) is 0 Å². The molecular weight excluding hydrogens is 520 g/mol. The Morgan fingerprint density at radius 3 is 1.07 bits per heavy atom. The van der Waals surface area contributed by atoms with Gasteiger partial charge in [0, 0.05) is 0 Å². The van der Waals surface area contributed by atoms with Crippen molar-refractivity contribution in [1.29, 1.82) is 0 Å². The van der Waals surface area contributed by atoms with Crippen molar-refractivity contribution in [1.82, 2.24) is 0 Å². The average Bonchev–Trinajstić information content (AvgIpc) is 2.99. The minimum atomic E-state index is 0.0346. The van der Waals surface area contributed by atoms with E-state index in [0.29, 0.717) is 13.2 Å². The summed E-state index contributed by atoms with van der Waals surface area (Å²) in [6, 6.07) is 0. The third-order valence-electron chi connectivity index (χ3n) is 9.14. The molecule has 0 saturated carbocycles. The summed E-state index contributed by atoms with van der Waals surface area (Å²) in [5.41, 5.74) is 0. The predicted molar refractivity (Wildman–Crippen MR) is 181 cm³/mol. The molecule has 0 radical (unpaired) electrons. The van der Waals surface area contributed by atoms with E-state index in [9.17, 15) is 9.59 Å². The van der Waals surface area contributed by atoms with Crippen LogP contribution in [0.3, 0.4) is 0 Å². The number of ether oxygens (including phenoxy) is 2. The number of carbonyl (C=O) groups is 2. The van der Waals surface area contributed by atoms with Gasteiger partial charge in [-0.2, -0.15) is 0 Å². The van der Waals surface area contributed by atoms with Crippen LogP contribution in [0.15, 0.2) is 0 Å². The maximum absolute atomic E-state index is 12.2. The Morgan fingerprint density at radius 1 is 0.429 bits per heavy atom. The van der Waals surface area contributed by atoms with Crippen LogP contribution >= 0.6 is 0 Å². The van der Waals surface area contributed by atoms with E-state index in [1.807, 2.05) is 0 Å². The number of hydrogen-bond donors (Lipinski definition) is 0. The summed E-state index contributed by atoms with van der Waals surface area (Å²) < 4.78 is 11.1. The predicted octanol–water partition coefficient (Wildman–Crippen LogP) is 12.2. The van der Waals surface area contributed by atoms with Gasteiger partial charge < -0.3 is 9.47 Å². The third-order valence-corrected chi connectivity index (χ3v) is 9.14. The number of hydrogen-bond acceptors (Lipinski definition) is 4. The molecule has 0 heterocycles. The molecule has 2 unspecified atom stereocenters. The number of esters is 2. The summed E-state index contributed by atoms with van der Waals surface area (Å²) in [7, 11) is 0. The van der Waals surface area contributed by atoms with Crippen molar-refractivity contribution in [2.45, 2.75) is 202 Å². The maximum Gasteiger partial charge on any atom is 0.308 e. The molecule has 0 N–H and O–H groups in total. The normalized spacial score (nSPS) is 13.5. The van der Waals surface area contributed by atoms with Crippen LogP contribution in [0.5, 0.6) is 0 Å². The van der Waals surface area contributed by atoms with E-state index in [0.717, 1.165) is 57.3 Å². The Kier molecular flexibility index (Phi) is 30.6. The Morgan fingerprint density at radius 2 is 0.738 bits per heavy atom. The van der Waals surface area contributed by atoms with Crippen LogP contribution in [-0.4, -0.2) is 25.2 Å². The van der Waals surface area contributed by atoms with Gasteiger partial charge in [-0.3, -0.25) is 9.59 Å². The van der Waals surface area contributed by atoms with Crippen LogP contribution < -0.4 is 0 Å². The summed E-state index contributed by atoms with van der Waals surface area (Å²) in [6.45, 7) is 12.3. The molecule has 0 spiro atoms. The van der Waals surface area contributed by atoms with Crippen molar-refractivity contribution in [3.63, 3.8) is 0 Å². The van der Waals surface area contributed by atoms with E-state index in [-0.39, 0.29) is 23.8 Å². The first kappa shape index (κ1) is 40.9. The fraction of sp³-hybridized carbons (Fsp3) is 0.947. The molecule has 0 aliphatic heterocycles. The van der Waals surface area contributed by atoms with Crippen LogP contribution in [0.1, 0.15) is 202 Å². The zero-order chi connectivity index (χ0) is 31.1. The summed E-state index contributed by atoms with van der Waals surface area (Å²) in [5.74, 6) is 1.15. The van der Waals surface area contributed by atoms with Gasteiger partial charge in [0.25, 0.3) is 0 Å². The van der Waals surface area contributed by atoms with Gasteiger partial charge in [-0.1, -0.05) is 163 Å². The number of unbranched alkanes of at least 4 members (excludes halogenated alkanes) is 16. The molecule has 0 aromatic heterocycles. The summed E-state index contributed by atoms with van der Waals surface area (Å²) >= 11 is 0. The van der Waals surface area contributed by atoms with E-state index in [4.69, 9.17) is 9.47 Å². The van der Waals surface area contributed by atoms with Crippen LogP contribution in [-0.2, 0) is 19.1 Å². The highest BCUT2D eigenvalue weighted by Crippen LogP contribution is 2.20. The van der Waals surface area contributed by atoms with E-state index >= 15 is 0 Å². The Bertz CT molecular complexity index is 540. The molecule has 0 aliphatic carbocycles. The first-order valence-electron chi connectivity index (χ1n) is 18.8. The van der Waals surface area contributed by atoms with Gasteiger partial charge in [0.15, 0.2) is 0 Å². The fourth-order valence-corrected chi connectivity index (χ4v) is 5.94. The first-order chi connectivity index (χ1) is 20.5. The molecule has 0 bridgehead atoms. The minimum Gasteiger partial charge on any atom is -0.465 e. The molecule has 2 atom stereocenters. The Balaban J connectivity index is 3.47. The fourth-order valence-electron chi connectivity index (χ4n) is 5.94. The second-order valence-electron chi connectivity index (χ2n) is 13.2. The number of carbonyl (C=O) groups excluding carboxylic acids is 2. The molecule has 0 saturated heterocycles. The molecule has 0 aliphatic rings. The Hall–Kier alpha value is -1.06. The zero-order valence-corrected chi connectivity index (χ0v) is 29.2. The van der Waals surface area contributed by atoms with Crippen molar-refractivity contribution in [3.05, 3.63) is 0 Å². The summed E-state index contributed by atoms with van der Waals surface area (Å²) in [4.78, 5) is 24.4.